The number of nitrogens with one attached hydrogen (secondary N) is 2. The third kappa shape index (κ3) is 4.45. The van der Waals surface area contributed by atoms with E-state index in [1.54, 1.807) is 25.2 Å². The van der Waals surface area contributed by atoms with E-state index in [2.05, 4.69) is 10.6 Å². The van der Waals surface area contributed by atoms with Crippen molar-refractivity contribution in [3.8, 4) is 5.75 Å². The lowest BCUT2D eigenvalue weighted by Crippen LogP contribution is -2.37. The molecule has 1 aliphatic rings. The Labute approximate surface area is 140 Å². The van der Waals surface area contributed by atoms with Crippen LogP contribution < -0.4 is 20.3 Å². The monoisotopic (exact) mass is 334 g/mol. The van der Waals surface area contributed by atoms with Crippen LogP contribution in [0.4, 0.5) is 11.4 Å². The lowest BCUT2D eigenvalue weighted by molar-refractivity contribution is -0.136. The molecule has 0 aromatic heterocycles. The van der Waals surface area contributed by atoms with Gasteiger partial charge < -0.3 is 25.2 Å². The van der Waals surface area contributed by atoms with E-state index in [0.717, 1.165) is 13.0 Å². The second-order valence-electron chi connectivity index (χ2n) is 5.79. The lowest BCUT2D eigenvalue weighted by Gasteiger charge is -2.26. The minimum Gasteiger partial charge on any atom is -0.482 e. The average Bonchev–Trinajstić information content (AvgIpc) is 2.55. The molecule has 0 fully saturated rings. The summed E-state index contributed by atoms with van der Waals surface area (Å²) in [5.41, 5.74) is 0.975. The van der Waals surface area contributed by atoms with Gasteiger partial charge in [-0.2, -0.15) is 0 Å². The number of hydrogen-bond acceptors (Lipinski definition) is 5. The van der Waals surface area contributed by atoms with Crippen LogP contribution in [0.15, 0.2) is 18.2 Å². The fraction of sp³-hybridized carbons (Fsp3) is 0.438. The molecule has 8 heteroatoms. The van der Waals surface area contributed by atoms with Crippen molar-refractivity contribution in [3.63, 3.8) is 0 Å². The number of carbonyl (C=O) groups excluding carboxylic acids is 3. The molecule has 0 saturated heterocycles. The summed E-state index contributed by atoms with van der Waals surface area (Å²) in [5.74, 6) is -1.05. The number of anilines is 2. The highest BCUT2D eigenvalue weighted by atomic mass is 16.5. The molecule has 1 heterocycles. The van der Waals surface area contributed by atoms with Crippen LogP contribution in [-0.4, -0.2) is 63.5 Å². The number of fused-ring (bicyclic) bond motifs is 1. The first kappa shape index (κ1) is 17.7. The molecule has 130 valence electrons. The summed E-state index contributed by atoms with van der Waals surface area (Å²) in [5, 5.41) is 5.09. The maximum Gasteiger partial charge on any atom is 0.313 e. The molecule has 0 atom stereocenters. The Balaban J connectivity index is 1.92. The number of benzene rings is 1. The number of rotatable bonds is 5. The van der Waals surface area contributed by atoms with Gasteiger partial charge in [0.25, 0.3) is 5.91 Å². The fourth-order valence-corrected chi connectivity index (χ4v) is 2.22. The number of amides is 3. The van der Waals surface area contributed by atoms with Gasteiger partial charge in [-0.3, -0.25) is 14.4 Å². The molecule has 0 radical (unpaired) electrons. The van der Waals surface area contributed by atoms with E-state index in [4.69, 9.17) is 4.74 Å². The molecule has 1 aromatic rings. The van der Waals surface area contributed by atoms with E-state index in [0.29, 0.717) is 23.7 Å². The van der Waals surface area contributed by atoms with Crippen LogP contribution in [0.25, 0.3) is 0 Å². The molecule has 24 heavy (non-hydrogen) atoms. The Hall–Kier alpha value is -2.61. The number of hydrogen-bond donors (Lipinski definition) is 2. The van der Waals surface area contributed by atoms with Gasteiger partial charge in [0.2, 0.25) is 0 Å². The molecule has 0 aliphatic carbocycles. The van der Waals surface area contributed by atoms with Crippen LogP contribution in [0, 0.1) is 0 Å². The van der Waals surface area contributed by atoms with Gasteiger partial charge >= 0.3 is 11.8 Å². The van der Waals surface area contributed by atoms with Gasteiger partial charge in [0.15, 0.2) is 6.61 Å². The molecular weight excluding hydrogens is 312 g/mol. The third-order valence-corrected chi connectivity index (χ3v) is 3.58. The Morgan fingerprint density at radius 2 is 2.04 bits per heavy atom. The van der Waals surface area contributed by atoms with Gasteiger partial charge in [0.1, 0.15) is 5.75 Å². The van der Waals surface area contributed by atoms with Gasteiger partial charge in [-0.05, 0) is 45.3 Å². The minimum absolute atomic E-state index is 0.00936. The van der Waals surface area contributed by atoms with Crippen molar-refractivity contribution >= 4 is 29.1 Å². The maximum atomic E-state index is 11.9. The zero-order valence-corrected chi connectivity index (χ0v) is 14.1. The lowest BCUT2D eigenvalue weighted by atomic mass is 10.2. The summed E-state index contributed by atoms with van der Waals surface area (Å²) in [7, 11) is 5.51. The maximum absolute atomic E-state index is 11.9. The van der Waals surface area contributed by atoms with Gasteiger partial charge in [-0.1, -0.05) is 0 Å². The van der Waals surface area contributed by atoms with Crippen LogP contribution in [0.2, 0.25) is 0 Å². The molecular formula is C16H22N4O4. The first-order chi connectivity index (χ1) is 11.4. The summed E-state index contributed by atoms with van der Waals surface area (Å²) in [6.45, 7) is 1.25. The smallest absolute Gasteiger partial charge is 0.313 e. The molecule has 8 nitrogen and oxygen atoms in total. The predicted molar refractivity (Wildman–Crippen MR) is 90.2 cm³/mol. The molecule has 0 spiro atoms. The van der Waals surface area contributed by atoms with E-state index < -0.39 is 11.8 Å². The van der Waals surface area contributed by atoms with Crippen LogP contribution in [0.1, 0.15) is 6.42 Å². The van der Waals surface area contributed by atoms with Gasteiger partial charge in [0.05, 0.1) is 5.69 Å². The molecule has 0 saturated carbocycles. The van der Waals surface area contributed by atoms with Crippen LogP contribution in [-0.2, 0) is 14.4 Å². The zero-order chi connectivity index (χ0) is 17.7. The fourth-order valence-electron chi connectivity index (χ4n) is 2.22. The van der Waals surface area contributed by atoms with Crippen molar-refractivity contribution in [3.05, 3.63) is 18.2 Å². The van der Waals surface area contributed by atoms with Crippen LogP contribution in [0.5, 0.6) is 5.75 Å². The summed E-state index contributed by atoms with van der Waals surface area (Å²) in [6.07, 6.45) is 0.759. The van der Waals surface area contributed by atoms with Crippen molar-refractivity contribution in [2.45, 2.75) is 6.42 Å². The number of likely N-dealkylation sites (N-methyl/N-ethyl adjacent to an activating group) is 1. The van der Waals surface area contributed by atoms with Crippen molar-refractivity contribution in [2.75, 3.05) is 51.1 Å². The van der Waals surface area contributed by atoms with Gasteiger partial charge in [-0.25, -0.2) is 0 Å². The molecule has 0 unspecified atom stereocenters. The number of nitrogens with zero attached hydrogens (tertiary/aromatic N) is 2. The molecule has 3 amide bonds. The van der Waals surface area contributed by atoms with Crippen molar-refractivity contribution < 1.29 is 19.1 Å². The highest BCUT2D eigenvalue weighted by molar-refractivity contribution is 6.39. The van der Waals surface area contributed by atoms with Gasteiger partial charge in [0, 0.05) is 19.3 Å². The molecule has 2 rings (SSSR count). The van der Waals surface area contributed by atoms with Crippen LogP contribution >= 0.6 is 0 Å². The Kier molecular flexibility index (Phi) is 5.75. The highest BCUT2D eigenvalue weighted by Gasteiger charge is 2.23. The summed E-state index contributed by atoms with van der Waals surface area (Å²) in [6, 6.07) is 4.88. The van der Waals surface area contributed by atoms with E-state index in [-0.39, 0.29) is 12.5 Å². The van der Waals surface area contributed by atoms with E-state index >= 15 is 0 Å². The standard InChI is InChI=1S/C16H22N4O4/c1-19(2)8-4-7-17-15(22)16(23)18-11-5-6-13-12(9-11)20(3)14(21)10-24-13/h5-6,9H,4,7-8,10H2,1-3H3,(H,17,22)(H,18,23). The van der Waals surface area contributed by atoms with Crippen molar-refractivity contribution in [1.82, 2.24) is 10.2 Å². The minimum atomic E-state index is -0.745. The average molecular weight is 334 g/mol. The zero-order valence-electron chi connectivity index (χ0n) is 14.1. The SMILES string of the molecule is CN(C)CCCNC(=O)C(=O)Nc1ccc2c(c1)N(C)C(=O)CO2. The van der Waals surface area contributed by atoms with E-state index in [9.17, 15) is 14.4 Å². The number of ether oxygens (including phenoxy) is 1. The highest BCUT2D eigenvalue weighted by Crippen LogP contribution is 2.33. The van der Waals surface area contributed by atoms with E-state index in [1.807, 2.05) is 19.0 Å². The first-order valence-corrected chi connectivity index (χ1v) is 7.66. The second kappa shape index (κ2) is 7.78. The predicted octanol–water partition coefficient (Wildman–Crippen LogP) is 0.0482. The molecule has 1 aliphatic heterocycles. The van der Waals surface area contributed by atoms with E-state index in [1.165, 1.54) is 4.90 Å². The molecule has 2 N–H and O–H groups in total. The summed E-state index contributed by atoms with van der Waals surface area (Å²) in [4.78, 5) is 38.8. The topological polar surface area (TPSA) is 91.0 Å². The Morgan fingerprint density at radius 3 is 2.75 bits per heavy atom. The first-order valence-electron chi connectivity index (χ1n) is 7.66. The quantitative estimate of drug-likeness (QED) is 0.586. The molecule has 0 bridgehead atoms. The third-order valence-electron chi connectivity index (χ3n) is 3.58. The van der Waals surface area contributed by atoms with Crippen molar-refractivity contribution in [1.29, 1.82) is 0 Å². The van der Waals surface area contributed by atoms with Crippen molar-refractivity contribution in [2.24, 2.45) is 0 Å². The van der Waals surface area contributed by atoms with Gasteiger partial charge in [-0.15, -0.1) is 0 Å². The normalized spacial score (nSPS) is 13.3. The Bertz CT molecular complexity index is 645. The summed E-state index contributed by atoms with van der Waals surface area (Å²) < 4.78 is 5.31. The summed E-state index contributed by atoms with van der Waals surface area (Å²) >= 11 is 0. The second-order valence-corrected chi connectivity index (χ2v) is 5.79. The number of carbonyl (C=O) groups is 3. The molecule has 1 aromatic carbocycles. The van der Waals surface area contributed by atoms with Crippen LogP contribution in [0.3, 0.4) is 0 Å². The largest absolute Gasteiger partial charge is 0.482 e. The Morgan fingerprint density at radius 1 is 1.29 bits per heavy atom.